The standard InChI is InChI=1S/C19H24BrNO2/c1-2-22-12-6-11-21-14-17-9-10-19(18(20)13-17)23-15-16-7-4-3-5-8-16/h3-5,7-10,13,21H,2,6,11-12,14-15H2,1H3. The molecule has 4 heteroatoms. The highest BCUT2D eigenvalue weighted by atomic mass is 79.9. The van der Waals surface area contributed by atoms with Gasteiger partial charge in [-0.05, 0) is 59.1 Å². The topological polar surface area (TPSA) is 30.5 Å². The molecule has 0 saturated carbocycles. The minimum atomic E-state index is 0.578. The molecule has 2 aromatic rings. The van der Waals surface area contributed by atoms with Crippen molar-refractivity contribution in [3.63, 3.8) is 0 Å². The summed E-state index contributed by atoms with van der Waals surface area (Å²) >= 11 is 3.59. The first kappa shape index (κ1) is 18.0. The van der Waals surface area contributed by atoms with E-state index in [0.717, 1.165) is 42.9 Å². The SMILES string of the molecule is CCOCCCNCc1ccc(OCc2ccccc2)c(Br)c1. The molecule has 0 spiro atoms. The number of ether oxygens (including phenoxy) is 2. The van der Waals surface area contributed by atoms with E-state index >= 15 is 0 Å². The predicted octanol–water partition coefficient (Wildman–Crippen LogP) is 4.54. The fourth-order valence-corrected chi connectivity index (χ4v) is 2.72. The summed E-state index contributed by atoms with van der Waals surface area (Å²) in [4.78, 5) is 0. The number of benzene rings is 2. The first-order valence-electron chi connectivity index (χ1n) is 8.03. The molecular weight excluding hydrogens is 354 g/mol. The van der Waals surface area contributed by atoms with Crippen LogP contribution in [0.1, 0.15) is 24.5 Å². The van der Waals surface area contributed by atoms with Gasteiger partial charge in [0.1, 0.15) is 12.4 Å². The fraction of sp³-hybridized carbons (Fsp3) is 0.368. The van der Waals surface area contributed by atoms with Crippen LogP contribution in [-0.2, 0) is 17.9 Å². The molecule has 0 heterocycles. The van der Waals surface area contributed by atoms with Crippen LogP contribution in [0, 0.1) is 0 Å². The molecule has 2 rings (SSSR count). The van der Waals surface area contributed by atoms with Gasteiger partial charge in [-0.25, -0.2) is 0 Å². The Morgan fingerprint density at radius 2 is 1.87 bits per heavy atom. The zero-order valence-electron chi connectivity index (χ0n) is 13.6. The molecule has 0 fully saturated rings. The van der Waals surface area contributed by atoms with Crippen molar-refractivity contribution in [2.45, 2.75) is 26.5 Å². The Balaban J connectivity index is 1.76. The lowest BCUT2D eigenvalue weighted by molar-refractivity contribution is 0.144. The predicted molar refractivity (Wildman–Crippen MR) is 97.7 cm³/mol. The van der Waals surface area contributed by atoms with Gasteiger partial charge in [0, 0.05) is 19.8 Å². The number of hydrogen-bond acceptors (Lipinski definition) is 3. The van der Waals surface area contributed by atoms with Gasteiger partial charge in [0.2, 0.25) is 0 Å². The Morgan fingerprint density at radius 1 is 1.04 bits per heavy atom. The van der Waals surface area contributed by atoms with Crippen molar-refractivity contribution in [1.82, 2.24) is 5.32 Å². The summed E-state index contributed by atoms with van der Waals surface area (Å²) in [6.45, 7) is 6.02. The third kappa shape index (κ3) is 6.73. The van der Waals surface area contributed by atoms with Crippen LogP contribution in [0.4, 0.5) is 0 Å². The minimum absolute atomic E-state index is 0.578. The highest BCUT2D eigenvalue weighted by molar-refractivity contribution is 9.10. The van der Waals surface area contributed by atoms with Crippen molar-refractivity contribution in [1.29, 1.82) is 0 Å². The van der Waals surface area contributed by atoms with Crippen LogP contribution in [-0.4, -0.2) is 19.8 Å². The average molecular weight is 378 g/mol. The molecule has 0 amide bonds. The molecule has 0 radical (unpaired) electrons. The summed E-state index contributed by atoms with van der Waals surface area (Å²) in [6.07, 6.45) is 1.03. The molecular formula is C19H24BrNO2. The molecule has 0 aliphatic heterocycles. The van der Waals surface area contributed by atoms with E-state index < -0.39 is 0 Å². The number of nitrogens with one attached hydrogen (secondary N) is 1. The van der Waals surface area contributed by atoms with Gasteiger partial charge in [0.05, 0.1) is 4.47 Å². The molecule has 0 aliphatic rings. The monoisotopic (exact) mass is 377 g/mol. The molecule has 0 bridgehead atoms. The van der Waals surface area contributed by atoms with Crippen molar-refractivity contribution in [3.8, 4) is 5.75 Å². The summed E-state index contributed by atoms with van der Waals surface area (Å²) in [7, 11) is 0. The first-order chi connectivity index (χ1) is 11.3. The average Bonchev–Trinajstić information content (AvgIpc) is 2.58. The van der Waals surface area contributed by atoms with Gasteiger partial charge in [-0.1, -0.05) is 36.4 Å². The lowest BCUT2D eigenvalue weighted by Crippen LogP contribution is -2.16. The van der Waals surface area contributed by atoms with Crippen molar-refractivity contribution < 1.29 is 9.47 Å². The van der Waals surface area contributed by atoms with Gasteiger partial charge in [0.25, 0.3) is 0 Å². The Hall–Kier alpha value is -1.36. The zero-order chi connectivity index (χ0) is 16.3. The highest BCUT2D eigenvalue weighted by Gasteiger charge is 2.03. The smallest absolute Gasteiger partial charge is 0.134 e. The van der Waals surface area contributed by atoms with Crippen LogP contribution in [0.5, 0.6) is 5.75 Å². The Morgan fingerprint density at radius 3 is 2.61 bits per heavy atom. The van der Waals surface area contributed by atoms with Crippen LogP contribution in [0.3, 0.4) is 0 Å². The normalized spacial score (nSPS) is 10.7. The van der Waals surface area contributed by atoms with E-state index in [0.29, 0.717) is 6.61 Å². The molecule has 0 aromatic heterocycles. The van der Waals surface area contributed by atoms with E-state index in [-0.39, 0.29) is 0 Å². The lowest BCUT2D eigenvalue weighted by Gasteiger charge is -2.10. The number of rotatable bonds is 10. The minimum Gasteiger partial charge on any atom is -0.488 e. The van der Waals surface area contributed by atoms with Crippen LogP contribution in [0.15, 0.2) is 53.0 Å². The van der Waals surface area contributed by atoms with Crippen LogP contribution >= 0.6 is 15.9 Å². The Labute approximate surface area is 147 Å². The third-order valence-electron chi connectivity index (χ3n) is 3.41. The maximum Gasteiger partial charge on any atom is 0.134 e. The number of halogens is 1. The molecule has 0 saturated heterocycles. The third-order valence-corrected chi connectivity index (χ3v) is 4.03. The van der Waals surface area contributed by atoms with E-state index in [1.165, 1.54) is 11.1 Å². The molecule has 0 aliphatic carbocycles. The van der Waals surface area contributed by atoms with Crippen molar-refractivity contribution in [2.24, 2.45) is 0 Å². The Bertz CT molecular complexity index is 575. The fourth-order valence-electron chi connectivity index (χ4n) is 2.18. The van der Waals surface area contributed by atoms with Crippen molar-refractivity contribution in [2.75, 3.05) is 19.8 Å². The van der Waals surface area contributed by atoms with Gasteiger partial charge in [-0.15, -0.1) is 0 Å². The van der Waals surface area contributed by atoms with E-state index in [2.05, 4.69) is 45.5 Å². The van der Waals surface area contributed by atoms with E-state index in [4.69, 9.17) is 9.47 Å². The Kier molecular flexibility index (Phi) is 8.15. The summed E-state index contributed by atoms with van der Waals surface area (Å²) in [6, 6.07) is 16.4. The largest absolute Gasteiger partial charge is 0.488 e. The molecule has 124 valence electrons. The molecule has 0 unspecified atom stereocenters. The molecule has 0 atom stereocenters. The van der Waals surface area contributed by atoms with E-state index in [1.807, 2.05) is 31.2 Å². The summed E-state index contributed by atoms with van der Waals surface area (Å²) in [5, 5.41) is 3.42. The number of hydrogen-bond donors (Lipinski definition) is 1. The molecule has 1 N–H and O–H groups in total. The van der Waals surface area contributed by atoms with Gasteiger partial charge < -0.3 is 14.8 Å². The van der Waals surface area contributed by atoms with Gasteiger partial charge in [0.15, 0.2) is 0 Å². The molecule has 23 heavy (non-hydrogen) atoms. The maximum absolute atomic E-state index is 5.86. The van der Waals surface area contributed by atoms with Gasteiger partial charge in [-0.2, -0.15) is 0 Å². The first-order valence-corrected chi connectivity index (χ1v) is 8.82. The molecule has 3 nitrogen and oxygen atoms in total. The van der Waals surface area contributed by atoms with Crippen LogP contribution in [0.25, 0.3) is 0 Å². The maximum atomic E-state index is 5.86. The van der Waals surface area contributed by atoms with Crippen LogP contribution in [0.2, 0.25) is 0 Å². The van der Waals surface area contributed by atoms with Crippen molar-refractivity contribution in [3.05, 3.63) is 64.1 Å². The second-order valence-electron chi connectivity index (χ2n) is 5.27. The van der Waals surface area contributed by atoms with E-state index in [9.17, 15) is 0 Å². The van der Waals surface area contributed by atoms with Gasteiger partial charge >= 0.3 is 0 Å². The highest BCUT2D eigenvalue weighted by Crippen LogP contribution is 2.26. The van der Waals surface area contributed by atoms with E-state index in [1.54, 1.807) is 0 Å². The van der Waals surface area contributed by atoms with Crippen LogP contribution < -0.4 is 10.1 Å². The van der Waals surface area contributed by atoms with Gasteiger partial charge in [-0.3, -0.25) is 0 Å². The summed E-state index contributed by atoms with van der Waals surface area (Å²) < 4.78 is 12.2. The summed E-state index contributed by atoms with van der Waals surface area (Å²) in [5.41, 5.74) is 2.40. The molecule has 2 aromatic carbocycles. The van der Waals surface area contributed by atoms with Crippen molar-refractivity contribution >= 4 is 15.9 Å². The summed E-state index contributed by atoms with van der Waals surface area (Å²) in [5.74, 6) is 0.869. The quantitative estimate of drug-likeness (QED) is 0.616. The second kappa shape index (κ2) is 10.4. The zero-order valence-corrected chi connectivity index (χ0v) is 15.1. The lowest BCUT2D eigenvalue weighted by atomic mass is 10.2. The second-order valence-corrected chi connectivity index (χ2v) is 6.12.